The lowest BCUT2D eigenvalue weighted by Crippen LogP contribution is -2.40. The number of hydrogen-bond donors (Lipinski definition) is 1. The van der Waals surface area contributed by atoms with E-state index in [0.29, 0.717) is 18.7 Å². The van der Waals surface area contributed by atoms with Crippen LogP contribution in [0.15, 0.2) is 24.3 Å². The molecule has 2 unspecified atom stereocenters. The van der Waals surface area contributed by atoms with Crippen molar-refractivity contribution in [2.45, 2.75) is 20.3 Å². The number of halogens is 1. The molecule has 1 aliphatic carbocycles. The molecule has 0 bridgehead atoms. The Balaban J connectivity index is 0.000000704. The first kappa shape index (κ1) is 14.5. The molecule has 5 heteroatoms. The second kappa shape index (κ2) is 5.23. The summed E-state index contributed by atoms with van der Waals surface area (Å²) in [6, 6.07) is 5.77. The molecule has 1 aromatic rings. The maximum absolute atomic E-state index is 12.8. The van der Waals surface area contributed by atoms with Gasteiger partial charge in [0.25, 0.3) is 0 Å². The van der Waals surface area contributed by atoms with Crippen molar-refractivity contribution in [1.29, 1.82) is 0 Å². The summed E-state index contributed by atoms with van der Waals surface area (Å²) < 4.78 is 12.8. The molecule has 2 aliphatic rings. The van der Waals surface area contributed by atoms with Crippen LogP contribution in [0.3, 0.4) is 0 Å². The summed E-state index contributed by atoms with van der Waals surface area (Å²) in [6.07, 6.45) is 0.628. The van der Waals surface area contributed by atoms with E-state index in [0.717, 1.165) is 0 Å². The number of amides is 2. The standard InChI is InChI=1S/C13H13FN2O2.C2H6/c1-15-11(17)13-6-8(13)7-16(12(13)18)10-4-2-9(14)3-5-10;1-2/h2-5,8H,6-7H2,1H3,(H,15,17);1-2H3. The minimum absolute atomic E-state index is 0.0926. The van der Waals surface area contributed by atoms with E-state index in [2.05, 4.69) is 5.32 Å². The van der Waals surface area contributed by atoms with Gasteiger partial charge in [0.1, 0.15) is 11.2 Å². The van der Waals surface area contributed by atoms with E-state index < -0.39 is 5.41 Å². The summed E-state index contributed by atoms with van der Waals surface area (Å²) >= 11 is 0. The topological polar surface area (TPSA) is 49.4 Å². The molecule has 20 heavy (non-hydrogen) atoms. The van der Waals surface area contributed by atoms with E-state index in [1.54, 1.807) is 24.1 Å². The van der Waals surface area contributed by atoms with Gasteiger partial charge in [-0.1, -0.05) is 13.8 Å². The van der Waals surface area contributed by atoms with Crippen molar-refractivity contribution >= 4 is 17.5 Å². The average Bonchev–Trinajstić information content (AvgIpc) is 3.15. The molecule has 1 saturated heterocycles. The summed E-state index contributed by atoms with van der Waals surface area (Å²) in [5.74, 6) is -0.618. The van der Waals surface area contributed by atoms with E-state index >= 15 is 0 Å². The molecule has 2 amide bonds. The zero-order valence-corrected chi connectivity index (χ0v) is 11.9. The summed E-state index contributed by atoms with van der Waals surface area (Å²) in [5.41, 5.74) is -0.208. The lowest BCUT2D eigenvalue weighted by Gasteiger charge is -2.20. The summed E-state index contributed by atoms with van der Waals surface area (Å²) in [7, 11) is 1.54. The molecular formula is C15H19FN2O2. The Morgan fingerprint density at radius 3 is 2.50 bits per heavy atom. The molecule has 2 atom stereocenters. The van der Waals surface area contributed by atoms with Crippen molar-refractivity contribution in [3.63, 3.8) is 0 Å². The third-order valence-electron chi connectivity index (χ3n) is 3.91. The molecule has 0 radical (unpaired) electrons. The number of nitrogens with one attached hydrogen (secondary N) is 1. The largest absolute Gasteiger partial charge is 0.358 e. The van der Waals surface area contributed by atoms with E-state index in [9.17, 15) is 14.0 Å². The first-order valence-electron chi connectivity index (χ1n) is 6.89. The number of nitrogens with zero attached hydrogens (tertiary/aromatic N) is 1. The summed E-state index contributed by atoms with van der Waals surface area (Å²) in [6.45, 7) is 4.54. The quantitative estimate of drug-likeness (QED) is 0.841. The SMILES string of the molecule is CC.CNC(=O)C12CC1CN(c1ccc(F)cc1)C2=O. The van der Waals surface area contributed by atoms with Gasteiger partial charge in [-0.05, 0) is 30.7 Å². The molecule has 1 aromatic carbocycles. The number of benzene rings is 1. The predicted octanol–water partition coefficient (Wildman–Crippen LogP) is 1.95. The Labute approximate surface area is 118 Å². The van der Waals surface area contributed by atoms with E-state index in [1.165, 1.54) is 12.1 Å². The van der Waals surface area contributed by atoms with Crippen molar-refractivity contribution < 1.29 is 14.0 Å². The maximum atomic E-state index is 12.8. The number of anilines is 1. The van der Waals surface area contributed by atoms with Crippen LogP contribution in [0.5, 0.6) is 0 Å². The second-order valence-corrected chi connectivity index (χ2v) is 4.84. The maximum Gasteiger partial charge on any atom is 0.243 e. The number of rotatable bonds is 2. The van der Waals surface area contributed by atoms with Gasteiger partial charge in [-0.3, -0.25) is 9.59 Å². The van der Waals surface area contributed by atoms with Gasteiger partial charge < -0.3 is 10.2 Å². The van der Waals surface area contributed by atoms with Crippen LogP contribution in [-0.2, 0) is 9.59 Å². The van der Waals surface area contributed by atoms with Crippen LogP contribution in [0.25, 0.3) is 0 Å². The van der Waals surface area contributed by atoms with E-state index in [4.69, 9.17) is 0 Å². The highest BCUT2D eigenvalue weighted by Crippen LogP contribution is 2.59. The second-order valence-electron chi connectivity index (χ2n) is 4.84. The highest BCUT2D eigenvalue weighted by Gasteiger charge is 2.71. The highest BCUT2D eigenvalue weighted by atomic mass is 19.1. The van der Waals surface area contributed by atoms with Gasteiger partial charge in [0, 0.05) is 25.2 Å². The van der Waals surface area contributed by atoms with Crippen molar-refractivity contribution in [2.75, 3.05) is 18.5 Å². The minimum Gasteiger partial charge on any atom is -0.358 e. The normalized spacial score (nSPS) is 26.5. The number of fused-ring (bicyclic) bond motifs is 1. The highest BCUT2D eigenvalue weighted by molar-refractivity contribution is 6.17. The molecule has 2 fully saturated rings. The third kappa shape index (κ3) is 1.97. The molecule has 3 rings (SSSR count). The van der Waals surface area contributed by atoms with Gasteiger partial charge in [-0.25, -0.2) is 4.39 Å². The van der Waals surface area contributed by atoms with Crippen LogP contribution in [0, 0.1) is 17.2 Å². The fourth-order valence-corrected chi connectivity index (χ4v) is 2.80. The van der Waals surface area contributed by atoms with Crippen molar-refractivity contribution in [3.05, 3.63) is 30.1 Å². The Bertz CT molecular complexity index is 529. The van der Waals surface area contributed by atoms with Gasteiger partial charge >= 0.3 is 0 Å². The van der Waals surface area contributed by atoms with Gasteiger partial charge in [0.2, 0.25) is 11.8 Å². The molecule has 0 aromatic heterocycles. The first-order valence-corrected chi connectivity index (χ1v) is 6.89. The predicted molar refractivity (Wildman–Crippen MR) is 74.7 cm³/mol. The minimum atomic E-state index is -0.858. The van der Waals surface area contributed by atoms with Gasteiger partial charge in [-0.15, -0.1) is 0 Å². The lowest BCUT2D eigenvalue weighted by molar-refractivity contribution is -0.134. The molecule has 1 aliphatic heterocycles. The van der Waals surface area contributed by atoms with Gasteiger partial charge in [-0.2, -0.15) is 0 Å². The van der Waals surface area contributed by atoms with Crippen LogP contribution in [0.2, 0.25) is 0 Å². The molecule has 1 heterocycles. The van der Waals surface area contributed by atoms with E-state index in [1.807, 2.05) is 13.8 Å². The zero-order chi connectivity index (χ0) is 14.9. The fourth-order valence-electron chi connectivity index (χ4n) is 2.80. The number of piperidine rings is 1. The monoisotopic (exact) mass is 278 g/mol. The molecule has 0 spiro atoms. The van der Waals surface area contributed by atoms with Crippen molar-refractivity contribution in [1.82, 2.24) is 5.32 Å². The summed E-state index contributed by atoms with van der Waals surface area (Å²) in [5, 5.41) is 2.55. The van der Waals surface area contributed by atoms with Gasteiger partial charge in [0.15, 0.2) is 0 Å². The molecule has 108 valence electrons. The Morgan fingerprint density at radius 1 is 1.35 bits per heavy atom. The average molecular weight is 278 g/mol. The smallest absolute Gasteiger partial charge is 0.243 e. The van der Waals surface area contributed by atoms with E-state index in [-0.39, 0.29) is 23.5 Å². The third-order valence-corrected chi connectivity index (χ3v) is 3.91. The van der Waals surface area contributed by atoms with Crippen LogP contribution in [-0.4, -0.2) is 25.4 Å². The van der Waals surface area contributed by atoms with Crippen LogP contribution >= 0.6 is 0 Å². The Hall–Kier alpha value is -1.91. The van der Waals surface area contributed by atoms with Crippen molar-refractivity contribution in [2.24, 2.45) is 11.3 Å². The fraction of sp³-hybridized carbons (Fsp3) is 0.467. The zero-order valence-electron chi connectivity index (χ0n) is 11.9. The number of carbonyl (C=O) groups excluding carboxylic acids is 2. The molecule has 4 nitrogen and oxygen atoms in total. The molecule has 1 N–H and O–H groups in total. The van der Waals surface area contributed by atoms with Crippen LogP contribution < -0.4 is 10.2 Å². The number of hydrogen-bond acceptors (Lipinski definition) is 2. The van der Waals surface area contributed by atoms with Crippen molar-refractivity contribution in [3.8, 4) is 0 Å². The molecule has 1 saturated carbocycles. The van der Waals surface area contributed by atoms with Crippen LogP contribution in [0.1, 0.15) is 20.3 Å². The first-order chi connectivity index (χ1) is 9.59. The Kier molecular flexibility index (Phi) is 3.79. The Morgan fingerprint density at radius 2 is 1.95 bits per heavy atom. The van der Waals surface area contributed by atoms with Gasteiger partial charge in [0.05, 0.1) is 0 Å². The summed E-state index contributed by atoms with van der Waals surface area (Å²) in [4.78, 5) is 25.7. The van der Waals surface area contributed by atoms with Crippen LogP contribution in [0.4, 0.5) is 10.1 Å². The molecular weight excluding hydrogens is 259 g/mol. The lowest BCUT2D eigenvalue weighted by atomic mass is 10.0. The number of carbonyl (C=O) groups is 2.